The number of benzene rings is 8. The first-order chi connectivity index (χ1) is 20.8. The first kappa shape index (κ1) is 24.3. The van der Waals surface area contributed by atoms with Crippen molar-refractivity contribution in [3.8, 4) is 44.5 Å². The maximum Gasteiger partial charge on any atom is -0.00990 e. The predicted octanol–water partition coefficient (Wildman–Crippen LogP) is 11.8. The molecule has 0 saturated heterocycles. The summed E-state index contributed by atoms with van der Waals surface area (Å²) in [5.74, 6) is 0. The fourth-order valence-electron chi connectivity index (χ4n) is 6.37. The maximum atomic E-state index is 2.36. The molecule has 0 saturated carbocycles. The summed E-state index contributed by atoms with van der Waals surface area (Å²) >= 11 is 0. The van der Waals surface area contributed by atoms with E-state index in [1.54, 1.807) is 0 Å². The molecule has 0 unspecified atom stereocenters. The predicted molar refractivity (Wildman–Crippen MR) is 181 cm³/mol. The van der Waals surface area contributed by atoms with Crippen molar-refractivity contribution in [1.82, 2.24) is 0 Å². The summed E-state index contributed by atoms with van der Waals surface area (Å²) in [4.78, 5) is 0. The highest BCUT2D eigenvalue weighted by Crippen LogP contribution is 2.40. The zero-order valence-electron chi connectivity index (χ0n) is 23.2. The van der Waals surface area contributed by atoms with Gasteiger partial charge < -0.3 is 0 Å². The van der Waals surface area contributed by atoms with Gasteiger partial charge in [-0.1, -0.05) is 146 Å². The summed E-state index contributed by atoms with van der Waals surface area (Å²) in [6.07, 6.45) is 0. The minimum absolute atomic E-state index is 1.22. The highest BCUT2D eigenvalue weighted by Gasteiger charge is 2.13. The zero-order chi connectivity index (χ0) is 27.9. The van der Waals surface area contributed by atoms with E-state index in [0.717, 1.165) is 0 Å². The number of hydrogen-bond acceptors (Lipinski definition) is 0. The Morgan fingerprint density at radius 2 is 0.738 bits per heavy atom. The van der Waals surface area contributed by atoms with Crippen LogP contribution < -0.4 is 0 Å². The van der Waals surface area contributed by atoms with Gasteiger partial charge in [-0.15, -0.1) is 0 Å². The van der Waals surface area contributed by atoms with Gasteiger partial charge in [0.25, 0.3) is 0 Å². The molecular formula is C42H28. The lowest BCUT2D eigenvalue weighted by Crippen LogP contribution is -1.89. The molecule has 0 aromatic heterocycles. The average molecular weight is 533 g/mol. The van der Waals surface area contributed by atoms with Crippen LogP contribution in [0, 0.1) is 0 Å². The summed E-state index contributed by atoms with van der Waals surface area (Å²) in [6, 6.07) is 61.9. The fourth-order valence-corrected chi connectivity index (χ4v) is 6.37. The van der Waals surface area contributed by atoms with E-state index >= 15 is 0 Å². The Hall–Kier alpha value is -5.46. The van der Waals surface area contributed by atoms with E-state index in [0.29, 0.717) is 0 Å². The highest BCUT2D eigenvalue weighted by molar-refractivity contribution is 6.09. The normalized spacial score (nSPS) is 11.3. The van der Waals surface area contributed by atoms with E-state index < -0.39 is 0 Å². The molecule has 0 radical (unpaired) electrons. The molecule has 0 N–H and O–H groups in total. The van der Waals surface area contributed by atoms with Crippen LogP contribution in [0.5, 0.6) is 0 Å². The van der Waals surface area contributed by atoms with Crippen molar-refractivity contribution in [2.75, 3.05) is 0 Å². The number of hydrogen-bond donors (Lipinski definition) is 0. The van der Waals surface area contributed by atoms with Crippen molar-refractivity contribution in [1.29, 1.82) is 0 Å². The molecule has 0 aliphatic heterocycles. The van der Waals surface area contributed by atoms with Crippen molar-refractivity contribution < 1.29 is 0 Å². The molecule has 196 valence electrons. The largest absolute Gasteiger partial charge is 0.0622 e. The molecule has 0 fully saturated rings. The first-order valence-corrected chi connectivity index (χ1v) is 14.5. The van der Waals surface area contributed by atoms with Crippen molar-refractivity contribution in [3.63, 3.8) is 0 Å². The third kappa shape index (κ3) is 4.26. The van der Waals surface area contributed by atoms with Gasteiger partial charge in [0.1, 0.15) is 0 Å². The molecule has 0 spiro atoms. The van der Waals surface area contributed by atoms with Crippen LogP contribution in [0.3, 0.4) is 0 Å². The van der Waals surface area contributed by atoms with Crippen LogP contribution in [0.2, 0.25) is 0 Å². The minimum atomic E-state index is 1.22. The second-order valence-electron chi connectivity index (χ2n) is 11.0. The van der Waals surface area contributed by atoms with Crippen LogP contribution in [0.15, 0.2) is 170 Å². The van der Waals surface area contributed by atoms with Gasteiger partial charge in [-0.2, -0.15) is 0 Å². The van der Waals surface area contributed by atoms with Crippen molar-refractivity contribution >= 4 is 32.3 Å². The van der Waals surface area contributed by atoms with Gasteiger partial charge in [-0.3, -0.25) is 0 Å². The molecule has 0 aliphatic carbocycles. The Labute approximate surface area is 246 Å². The molecule has 8 aromatic rings. The summed E-state index contributed by atoms with van der Waals surface area (Å²) in [6.45, 7) is 0. The summed E-state index contributed by atoms with van der Waals surface area (Å²) in [7, 11) is 0. The lowest BCUT2D eigenvalue weighted by molar-refractivity contribution is 1.58. The van der Waals surface area contributed by atoms with E-state index in [1.165, 1.54) is 76.8 Å². The van der Waals surface area contributed by atoms with E-state index in [2.05, 4.69) is 170 Å². The van der Waals surface area contributed by atoms with Gasteiger partial charge in [-0.05, 0) is 101 Å². The Kier molecular flexibility index (Phi) is 5.90. The molecule has 0 bridgehead atoms. The van der Waals surface area contributed by atoms with Crippen molar-refractivity contribution in [3.05, 3.63) is 170 Å². The van der Waals surface area contributed by atoms with Crippen LogP contribution >= 0.6 is 0 Å². The Morgan fingerprint density at radius 1 is 0.214 bits per heavy atom. The van der Waals surface area contributed by atoms with Crippen LogP contribution in [0.25, 0.3) is 76.8 Å². The average Bonchev–Trinajstić information content (AvgIpc) is 3.07. The smallest absolute Gasteiger partial charge is 0.00990 e. The number of fused-ring (bicyclic) bond motifs is 3. The van der Waals surface area contributed by atoms with Crippen LogP contribution in [-0.4, -0.2) is 0 Å². The molecule has 0 nitrogen and oxygen atoms in total. The van der Waals surface area contributed by atoms with Gasteiger partial charge in [0, 0.05) is 0 Å². The lowest BCUT2D eigenvalue weighted by atomic mass is 9.88. The third-order valence-corrected chi connectivity index (χ3v) is 8.44. The van der Waals surface area contributed by atoms with Crippen LogP contribution in [0.4, 0.5) is 0 Å². The van der Waals surface area contributed by atoms with E-state index in [1.807, 2.05) is 0 Å². The molecule has 8 rings (SSSR count). The Balaban J connectivity index is 1.36. The topological polar surface area (TPSA) is 0 Å². The number of rotatable bonds is 4. The second-order valence-corrected chi connectivity index (χ2v) is 11.0. The van der Waals surface area contributed by atoms with Gasteiger partial charge in [0.05, 0.1) is 0 Å². The molecule has 0 heteroatoms. The lowest BCUT2D eigenvalue weighted by Gasteiger charge is -2.15. The molecule has 8 aromatic carbocycles. The van der Waals surface area contributed by atoms with Gasteiger partial charge in [-0.25, -0.2) is 0 Å². The minimum Gasteiger partial charge on any atom is -0.0622 e. The quantitative estimate of drug-likeness (QED) is 0.211. The van der Waals surface area contributed by atoms with Crippen molar-refractivity contribution in [2.45, 2.75) is 0 Å². The monoisotopic (exact) mass is 532 g/mol. The van der Waals surface area contributed by atoms with E-state index in [9.17, 15) is 0 Å². The van der Waals surface area contributed by atoms with Gasteiger partial charge in [0.2, 0.25) is 0 Å². The molecule has 42 heavy (non-hydrogen) atoms. The van der Waals surface area contributed by atoms with E-state index in [-0.39, 0.29) is 0 Å². The molecule has 0 amide bonds. The SMILES string of the molecule is c1ccc(-c2cc(-c3ccc4ccccc4c3)cc(-c3cccc4c(-c5cccc6ccccc56)cccc34)c2)cc1. The summed E-state index contributed by atoms with van der Waals surface area (Å²) in [5, 5.41) is 7.59. The van der Waals surface area contributed by atoms with Crippen molar-refractivity contribution in [2.24, 2.45) is 0 Å². The summed E-state index contributed by atoms with van der Waals surface area (Å²) in [5.41, 5.74) is 9.89. The second kappa shape index (κ2) is 10.2. The highest BCUT2D eigenvalue weighted by atomic mass is 14.2. The standard InChI is InChI=1S/C42H28/c1-2-11-29(12-3-1)34-26-35(33-24-23-30-13-4-5-15-32(30)25-33)28-36(27-34)38-18-9-21-42-40(38)20-10-22-41(42)39-19-8-16-31-14-6-7-17-37(31)39/h1-28H. The van der Waals surface area contributed by atoms with Gasteiger partial charge >= 0.3 is 0 Å². The maximum absolute atomic E-state index is 2.36. The van der Waals surface area contributed by atoms with Crippen LogP contribution in [0.1, 0.15) is 0 Å². The van der Waals surface area contributed by atoms with Gasteiger partial charge in [0.15, 0.2) is 0 Å². The fraction of sp³-hybridized carbons (Fsp3) is 0. The first-order valence-electron chi connectivity index (χ1n) is 14.5. The molecule has 0 heterocycles. The molecule has 0 atom stereocenters. The third-order valence-electron chi connectivity index (χ3n) is 8.44. The molecule has 0 aliphatic rings. The Bertz CT molecular complexity index is 2230. The molecular weight excluding hydrogens is 504 g/mol. The van der Waals surface area contributed by atoms with Crippen LogP contribution in [-0.2, 0) is 0 Å². The zero-order valence-corrected chi connectivity index (χ0v) is 23.2. The summed E-state index contributed by atoms with van der Waals surface area (Å²) < 4.78 is 0. The Morgan fingerprint density at radius 3 is 1.55 bits per heavy atom. The van der Waals surface area contributed by atoms with E-state index in [4.69, 9.17) is 0 Å².